The summed E-state index contributed by atoms with van der Waals surface area (Å²) in [5, 5.41) is 8.95. The Morgan fingerprint density at radius 3 is 2.50 bits per heavy atom. The zero-order chi connectivity index (χ0) is 20.3. The fraction of sp³-hybridized carbons (Fsp3) is 0.500. The lowest BCUT2D eigenvalue weighted by Gasteiger charge is -2.17. The molecule has 0 aliphatic carbocycles. The van der Waals surface area contributed by atoms with Gasteiger partial charge in [0.05, 0.1) is 16.2 Å². The van der Waals surface area contributed by atoms with Gasteiger partial charge in [-0.05, 0) is 45.4 Å². The molecule has 146 valence electrons. The molecule has 0 aromatic carbocycles. The molecule has 1 aromatic heterocycles. The molecule has 0 amide bonds. The van der Waals surface area contributed by atoms with Crippen molar-refractivity contribution in [3.63, 3.8) is 0 Å². The number of hydrogen-bond donors (Lipinski definition) is 1. The van der Waals surface area contributed by atoms with Crippen LogP contribution in [0.4, 0.5) is 13.2 Å². The van der Waals surface area contributed by atoms with E-state index in [1.165, 1.54) is 13.0 Å². The average molecular weight is 413 g/mol. The Kier molecular flexibility index (Phi) is 7.38. The fourth-order valence-corrected chi connectivity index (χ4v) is 2.55. The van der Waals surface area contributed by atoms with Crippen molar-refractivity contribution in [2.45, 2.75) is 44.7 Å². The number of aromatic nitrogens is 1. The van der Waals surface area contributed by atoms with Crippen LogP contribution in [0.15, 0.2) is 23.1 Å². The Bertz CT molecular complexity index is 707. The van der Waals surface area contributed by atoms with E-state index < -0.39 is 33.7 Å². The van der Waals surface area contributed by atoms with E-state index in [0.29, 0.717) is 0 Å². The fourth-order valence-electron chi connectivity index (χ4n) is 1.64. The van der Waals surface area contributed by atoms with Crippen LogP contribution in [0.25, 0.3) is 0 Å². The number of aryl methyl sites for hydroxylation is 1. The average Bonchev–Trinajstić information content (AvgIpc) is 2.49. The number of hydrogen-bond acceptors (Lipinski definition) is 4. The molecule has 0 spiro atoms. The minimum atomic E-state index is -4.86. The number of nitrogens with zero attached hydrogens (tertiary/aromatic N) is 2. The van der Waals surface area contributed by atoms with Crippen LogP contribution >= 0.6 is 11.6 Å². The number of aliphatic hydroxyl groups excluding tert-OH is 1. The van der Waals surface area contributed by atoms with Gasteiger partial charge in [-0.25, -0.2) is 9.19 Å². The molecule has 1 N–H and O–H groups in total. The maximum atomic E-state index is 12.6. The molecule has 1 heterocycles. The number of ether oxygens (including phenoxy) is 1. The third-order valence-electron chi connectivity index (χ3n) is 3.05. The first kappa shape index (κ1) is 22.6. The molecular formula is C16H20ClF3N2O3S. The molecule has 0 fully saturated rings. The number of aliphatic hydroxyl groups is 1. The molecule has 0 aliphatic rings. The summed E-state index contributed by atoms with van der Waals surface area (Å²) in [7, 11) is -1.53. The van der Waals surface area contributed by atoms with Crippen molar-refractivity contribution < 1.29 is 27.2 Å². The van der Waals surface area contributed by atoms with Gasteiger partial charge in [-0.15, -0.1) is 0 Å². The molecule has 5 nitrogen and oxygen atoms in total. The quantitative estimate of drug-likeness (QED) is 0.564. The number of rotatable bonds is 6. The van der Waals surface area contributed by atoms with Crippen LogP contribution in [-0.4, -0.2) is 37.5 Å². The molecule has 0 bridgehead atoms. The Labute approximate surface area is 157 Å². The smallest absolute Gasteiger partial charge is 0.420 e. The Morgan fingerprint density at radius 1 is 1.50 bits per heavy atom. The molecule has 26 heavy (non-hydrogen) atoms. The minimum absolute atomic E-state index is 0.0425. The predicted molar refractivity (Wildman–Crippen MR) is 96.0 cm³/mol. The van der Waals surface area contributed by atoms with Crippen molar-refractivity contribution in [1.29, 1.82) is 0 Å². The van der Waals surface area contributed by atoms with Gasteiger partial charge in [0.15, 0.2) is 17.0 Å². The molecule has 10 heteroatoms. The highest BCUT2D eigenvalue weighted by molar-refractivity contribution is 7.85. The van der Waals surface area contributed by atoms with E-state index >= 15 is 0 Å². The first-order valence-electron chi connectivity index (χ1n) is 7.44. The van der Waals surface area contributed by atoms with Crippen LogP contribution in [0.2, 0.25) is 5.15 Å². The molecule has 0 saturated carbocycles. The molecule has 0 radical (unpaired) electrons. The van der Waals surface area contributed by atoms with Gasteiger partial charge >= 0.3 is 6.18 Å². The zero-order valence-electron chi connectivity index (χ0n) is 14.7. The molecule has 1 rings (SSSR count). The summed E-state index contributed by atoms with van der Waals surface area (Å²) < 4.78 is 58.7. The second kappa shape index (κ2) is 8.49. The van der Waals surface area contributed by atoms with Crippen LogP contribution in [0.5, 0.6) is 5.75 Å². The van der Waals surface area contributed by atoms with Crippen LogP contribution in [0.3, 0.4) is 0 Å². The van der Waals surface area contributed by atoms with Gasteiger partial charge < -0.3 is 9.84 Å². The Balaban J connectivity index is 3.03. The van der Waals surface area contributed by atoms with E-state index in [9.17, 15) is 22.5 Å². The summed E-state index contributed by atoms with van der Waals surface area (Å²) in [6.45, 7) is 10.1. The highest BCUT2D eigenvalue weighted by Crippen LogP contribution is 2.35. The highest BCUT2D eigenvalue weighted by Gasteiger charge is 2.40. The molecular weight excluding hydrogens is 393 g/mol. The summed E-state index contributed by atoms with van der Waals surface area (Å²) in [6, 6.07) is 1.04. The summed E-state index contributed by atoms with van der Waals surface area (Å²) in [5.74, 6) is 0.0425. The normalized spacial score (nSPS) is 15.5. The molecule has 2 atom stereocenters. The molecule has 0 saturated heterocycles. The van der Waals surface area contributed by atoms with Crippen LogP contribution in [0, 0.1) is 6.92 Å². The van der Waals surface area contributed by atoms with Crippen molar-refractivity contribution in [2.24, 2.45) is 4.40 Å². The van der Waals surface area contributed by atoms with Crippen molar-refractivity contribution in [3.8, 4) is 5.75 Å². The van der Waals surface area contributed by atoms with Gasteiger partial charge in [0, 0.05) is 0 Å². The van der Waals surface area contributed by atoms with Crippen LogP contribution in [0.1, 0.15) is 38.1 Å². The highest BCUT2D eigenvalue weighted by atomic mass is 35.5. The van der Waals surface area contributed by atoms with E-state index in [0.717, 1.165) is 6.07 Å². The SMILES string of the molecule is C=CC(COc1c(C)cc(C(O)C(F)(F)F)nc1Cl)=NS(=O)C(C)(C)C. The van der Waals surface area contributed by atoms with E-state index in [1.54, 1.807) is 20.8 Å². The van der Waals surface area contributed by atoms with Gasteiger partial charge in [-0.1, -0.05) is 18.2 Å². The van der Waals surface area contributed by atoms with E-state index in [4.69, 9.17) is 16.3 Å². The van der Waals surface area contributed by atoms with Crippen molar-refractivity contribution in [3.05, 3.63) is 35.1 Å². The monoisotopic (exact) mass is 412 g/mol. The van der Waals surface area contributed by atoms with Gasteiger partial charge in [0.1, 0.15) is 17.6 Å². The predicted octanol–water partition coefficient (Wildman–Crippen LogP) is 4.11. The lowest BCUT2D eigenvalue weighted by molar-refractivity contribution is -0.207. The third kappa shape index (κ3) is 6.07. The lowest BCUT2D eigenvalue weighted by Crippen LogP contribution is -2.22. The van der Waals surface area contributed by atoms with Crippen molar-refractivity contribution >= 4 is 28.3 Å². The largest absolute Gasteiger partial charge is 0.484 e. The summed E-state index contributed by atoms with van der Waals surface area (Å²) >= 11 is 5.89. The van der Waals surface area contributed by atoms with E-state index in [1.807, 2.05) is 0 Å². The number of halogens is 4. The van der Waals surface area contributed by atoms with E-state index in [-0.39, 0.29) is 28.8 Å². The topological polar surface area (TPSA) is 71.8 Å². The molecule has 2 unspecified atom stereocenters. The zero-order valence-corrected chi connectivity index (χ0v) is 16.3. The summed E-state index contributed by atoms with van der Waals surface area (Å²) in [4.78, 5) is 3.55. The first-order chi connectivity index (χ1) is 11.8. The Morgan fingerprint density at radius 2 is 2.08 bits per heavy atom. The maximum absolute atomic E-state index is 12.6. The van der Waals surface area contributed by atoms with Gasteiger partial charge in [0.25, 0.3) is 0 Å². The summed E-state index contributed by atoms with van der Waals surface area (Å²) in [5.41, 5.74) is -0.0874. The van der Waals surface area contributed by atoms with Crippen LogP contribution in [-0.2, 0) is 11.0 Å². The van der Waals surface area contributed by atoms with E-state index in [2.05, 4.69) is 16.0 Å². The summed E-state index contributed by atoms with van der Waals surface area (Å²) in [6.07, 6.45) is -6.24. The van der Waals surface area contributed by atoms with Gasteiger partial charge in [-0.3, -0.25) is 0 Å². The van der Waals surface area contributed by atoms with Crippen molar-refractivity contribution in [2.75, 3.05) is 6.61 Å². The first-order valence-corrected chi connectivity index (χ1v) is 8.92. The lowest BCUT2D eigenvalue weighted by atomic mass is 10.1. The van der Waals surface area contributed by atoms with Gasteiger partial charge in [0.2, 0.25) is 0 Å². The van der Waals surface area contributed by atoms with Gasteiger partial charge in [-0.2, -0.15) is 17.6 Å². The second-order valence-electron chi connectivity index (χ2n) is 6.37. The molecule has 1 aromatic rings. The van der Waals surface area contributed by atoms with Crippen LogP contribution < -0.4 is 4.74 Å². The number of alkyl halides is 3. The second-order valence-corrected chi connectivity index (χ2v) is 8.63. The molecule has 0 aliphatic heterocycles. The number of pyridine rings is 1. The third-order valence-corrected chi connectivity index (χ3v) is 4.76. The standard InChI is InChI=1S/C16H20ClF3N2O3S/c1-6-10(22-26(24)15(3,4)5)8-25-12-9(2)7-11(21-14(12)17)13(23)16(18,19)20/h6-7,13,23H,1,8H2,2-5H3. The van der Waals surface area contributed by atoms with Crippen molar-refractivity contribution in [1.82, 2.24) is 4.98 Å². The maximum Gasteiger partial charge on any atom is 0.420 e. The minimum Gasteiger partial charge on any atom is -0.484 e. The Hall–Kier alpha value is -1.45.